The Balaban J connectivity index is 3.05. The first-order valence-corrected chi connectivity index (χ1v) is 6.08. The molecule has 1 aromatic rings. The molecule has 0 fully saturated rings. The molecule has 0 amide bonds. The number of carboxylic acid groups (broad SMARTS) is 2. The van der Waals surface area contributed by atoms with Crippen molar-refractivity contribution in [2.45, 2.75) is 20.8 Å². The Hall–Kier alpha value is -2.04. The molecule has 0 saturated heterocycles. The first-order valence-electron chi connectivity index (χ1n) is 6.08. The maximum atomic E-state index is 10.9. The molecule has 5 heteroatoms. The second-order valence-electron chi connectivity index (χ2n) is 4.73. The standard InChI is InChI=1S/C14H19NO4/c1-9-5-4-6-12(11(9)3)15(8-13(16)17)7-10(2)14(18)19/h4-6,10H,7-8H2,1-3H3,(H,16,17)(H,18,19). The van der Waals surface area contributed by atoms with E-state index in [1.54, 1.807) is 11.8 Å². The van der Waals surface area contributed by atoms with E-state index < -0.39 is 17.9 Å². The maximum absolute atomic E-state index is 10.9. The van der Waals surface area contributed by atoms with Gasteiger partial charge in [0.15, 0.2) is 0 Å². The van der Waals surface area contributed by atoms with Crippen LogP contribution in [0, 0.1) is 19.8 Å². The van der Waals surface area contributed by atoms with E-state index in [0.717, 1.165) is 16.8 Å². The van der Waals surface area contributed by atoms with Gasteiger partial charge in [-0.2, -0.15) is 0 Å². The number of aliphatic carboxylic acids is 2. The highest BCUT2D eigenvalue weighted by Gasteiger charge is 2.20. The van der Waals surface area contributed by atoms with Crippen LogP contribution in [0.5, 0.6) is 0 Å². The number of anilines is 1. The molecule has 0 aliphatic rings. The number of hydrogen-bond acceptors (Lipinski definition) is 3. The lowest BCUT2D eigenvalue weighted by Gasteiger charge is -2.27. The third-order valence-corrected chi connectivity index (χ3v) is 3.16. The zero-order chi connectivity index (χ0) is 14.6. The monoisotopic (exact) mass is 265 g/mol. The minimum atomic E-state index is -0.974. The summed E-state index contributed by atoms with van der Waals surface area (Å²) in [7, 11) is 0. The number of nitrogens with zero attached hydrogens (tertiary/aromatic N) is 1. The number of carbonyl (C=O) groups is 2. The predicted molar refractivity (Wildman–Crippen MR) is 72.6 cm³/mol. The maximum Gasteiger partial charge on any atom is 0.323 e. The Labute approximate surface area is 112 Å². The van der Waals surface area contributed by atoms with Crippen molar-refractivity contribution in [1.82, 2.24) is 0 Å². The van der Waals surface area contributed by atoms with Gasteiger partial charge in [0.25, 0.3) is 0 Å². The lowest BCUT2D eigenvalue weighted by molar-refractivity contribution is -0.141. The largest absolute Gasteiger partial charge is 0.481 e. The number of rotatable bonds is 6. The molecule has 0 saturated carbocycles. The molecule has 1 aromatic carbocycles. The summed E-state index contributed by atoms with van der Waals surface area (Å²) in [6.07, 6.45) is 0. The van der Waals surface area contributed by atoms with E-state index in [4.69, 9.17) is 10.2 Å². The average molecular weight is 265 g/mol. The van der Waals surface area contributed by atoms with Crippen LogP contribution in [0.1, 0.15) is 18.1 Å². The third kappa shape index (κ3) is 3.98. The van der Waals surface area contributed by atoms with Gasteiger partial charge in [0.1, 0.15) is 6.54 Å². The fraction of sp³-hybridized carbons (Fsp3) is 0.429. The number of aryl methyl sites for hydroxylation is 1. The summed E-state index contributed by atoms with van der Waals surface area (Å²) in [5, 5.41) is 17.9. The molecule has 1 rings (SSSR count). The zero-order valence-electron chi connectivity index (χ0n) is 11.4. The second kappa shape index (κ2) is 6.22. The average Bonchev–Trinajstić information content (AvgIpc) is 2.31. The topological polar surface area (TPSA) is 77.8 Å². The van der Waals surface area contributed by atoms with E-state index in [1.807, 2.05) is 32.0 Å². The van der Waals surface area contributed by atoms with E-state index in [0.29, 0.717) is 0 Å². The lowest BCUT2D eigenvalue weighted by Crippen LogP contribution is -2.36. The molecule has 0 bridgehead atoms. The van der Waals surface area contributed by atoms with E-state index >= 15 is 0 Å². The van der Waals surface area contributed by atoms with Crippen molar-refractivity contribution >= 4 is 17.6 Å². The second-order valence-corrected chi connectivity index (χ2v) is 4.73. The van der Waals surface area contributed by atoms with Crippen molar-refractivity contribution in [3.63, 3.8) is 0 Å². The predicted octanol–water partition coefficient (Wildman–Crippen LogP) is 1.92. The van der Waals surface area contributed by atoms with Gasteiger partial charge in [0.2, 0.25) is 0 Å². The van der Waals surface area contributed by atoms with Crippen LogP contribution in [-0.2, 0) is 9.59 Å². The van der Waals surface area contributed by atoms with E-state index in [9.17, 15) is 9.59 Å². The molecule has 0 radical (unpaired) electrons. The Morgan fingerprint density at radius 2 is 1.89 bits per heavy atom. The van der Waals surface area contributed by atoms with Gasteiger partial charge >= 0.3 is 11.9 Å². The first kappa shape index (κ1) is 15.0. The Morgan fingerprint density at radius 1 is 1.26 bits per heavy atom. The van der Waals surface area contributed by atoms with E-state index in [-0.39, 0.29) is 13.1 Å². The number of benzene rings is 1. The van der Waals surface area contributed by atoms with E-state index in [1.165, 1.54) is 0 Å². The molecule has 1 atom stereocenters. The van der Waals surface area contributed by atoms with Gasteiger partial charge in [-0.05, 0) is 31.0 Å². The van der Waals surface area contributed by atoms with Crippen molar-refractivity contribution in [3.05, 3.63) is 29.3 Å². The summed E-state index contributed by atoms with van der Waals surface area (Å²) in [6, 6.07) is 5.61. The van der Waals surface area contributed by atoms with Crippen LogP contribution >= 0.6 is 0 Å². The molecule has 1 unspecified atom stereocenters. The Kier molecular flexibility index (Phi) is 4.92. The van der Waals surface area contributed by atoms with Crippen molar-refractivity contribution in [3.8, 4) is 0 Å². The van der Waals surface area contributed by atoms with Gasteiger partial charge in [0, 0.05) is 12.2 Å². The normalized spacial score (nSPS) is 11.9. The minimum absolute atomic E-state index is 0.173. The Bertz CT molecular complexity index is 484. The van der Waals surface area contributed by atoms with Crippen LogP contribution < -0.4 is 4.90 Å². The molecule has 0 aromatic heterocycles. The highest BCUT2D eigenvalue weighted by Crippen LogP contribution is 2.23. The van der Waals surface area contributed by atoms with Crippen LogP contribution in [0.2, 0.25) is 0 Å². The van der Waals surface area contributed by atoms with Crippen LogP contribution in [0.4, 0.5) is 5.69 Å². The molecule has 2 N–H and O–H groups in total. The van der Waals surface area contributed by atoms with Crippen LogP contribution in [-0.4, -0.2) is 35.2 Å². The van der Waals surface area contributed by atoms with Gasteiger partial charge in [-0.25, -0.2) is 0 Å². The molecule has 0 heterocycles. The van der Waals surface area contributed by atoms with Gasteiger partial charge in [-0.15, -0.1) is 0 Å². The highest BCUT2D eigenvalue weighted by atomic mass is 16.4. The smallest absolute Gasteiger partial charge is 0.323 e. The van der Waals surface area contributed by atoms with Crippen molar-refractivity contribution in [2.24, 2.45) is 5.92 Å². The summed E-state index contributed by atoms with van der Waals surface area (Å²) in [4.78, 5) is 23.5. The van der Waals surface area contributed by atoms with Crippen LogP contribution in [0.25, 0.3) is 0 Å². The molecular weight excluding hydrogens is 246 g/mol. The molecular formula is C14H19NO4. The van der Waals surface area contributed by atoms with Crippen LogP contribution in [0.3, 0.4) is 0 Å². The van der Waals surface area contributed by atoms with Crippen LogP contribution in [0.15, 0.2) is 18.2 Å². The first-order chi connectivity index (χ1) is 8.82. The molecule has 5 nitrogen and oxygen atoms in total. The molecule has 0 aliphatic heterocycles. The van der Waals surface area contributed by atoms with Gasteiger partial charge in [-0.3, -0.25) is 9.59 Å². The summed E-state index contributed by atoms with van der Waals surface area (Å²) in [5.74, 6) is -2.53. The summed E-state index contributed by atoms with van der Waals surface area (Å²) in [6.45, 7) is 5.39. The van der Waals surface area contributed by atoms with Crippen molar-refractivity contribution in [1.29, 1.82) is 0 Å². The van der Waals surface area contributed by atoms with Crippen molar-refractivity contribution in [2.75, 3.05) is 18.0 Å². The fourth-order valence-electron chi connectivity index (χ4n) is 1.90. The SMILES string of the molecule is Cc1cccc(N(CC(=O)O)CC(C)C(=O)O)c1C. The summed E-state index contributed by atoms with van der Waals surface area (Å²) < 4.78 is 0. The molecule has 0 aliphatic carbocycles. The zero-order valence-corrected chi connectivity index (χ0v) is 11.4. The summed E-state index contributed by atoms with van der Waals surface area (Å²) in [5.41, 5.74) is 2.80. The number of carboxylic acids is 2. The van der Waals surface area contributed by atoms with E-state index in [2.05, 4.69) is 0 Å². The molecule has 19 heavy (non-hydrogen) atoms. The van der Waals surface area contributed by atoms with Gasteiger partial charge in [-0.1, -0.05) is 19.1 Å². The lowest BCUT2D eigenvalue weighted by atomic mass is 10.1. The fourth-order valence-corrected chi connectivity index (χ4v) is 1.90. The van der Waals surface area contributed by atoms with Gasteiger partial charge in [0.05, 0.1) is 5.92 Å². The molecule has 104 valence electrons. The molecule has 0 spiro atoms. The van der Waals surface area contributed by atoms with Crippen molar-refractivity contribution < 1.29 is 19.8 Å². The summed E-state index contributed by atoms with van der Waals surface area (Å²) >= 11 is 0. The minimum Gasteiger partial charge on any atom is -0.481 e. The Morgan fingerprint density at radius 3 is 2.42 bits per heavy atom. The highest BCUT2D eigenvalue weighted by molar-refractivity contribution is 5.76. The van der Waals surface area contributed by atoms with Gasteiger partial charge < -0.3 is 15.1 Å². The number of hydrogen-bond donors (Lipinski definition) is 2. The third-order valence-electron chi connectivity index (χ3n) is 3.16. The quantitative estimate of drug-likeness (QED) is 0.821.